The average molecular weight is 357 g/mol. The first-order valence-corrected chi connectivity index (χ1v) is 7.89. The van der Waals surface area contributed by atoms with Crippen LogP contribution in [0.2, 0.25) is 0 Å². The number of benzene rings is 1. The van der Waals surface area contributed by atoms with E-state index in [1.807, 2.05) is 30.3 Å². The standard InChI is InChI=1S/C17H15N3O4S/c1-24-8-7-20-14-13(15(21)19-17(20)25)11(16(22)23)9-12(18-14)10-5-3-2-4-6-10/h2-6,9H,7-8H2,1H3,(H,22,23)(H,19,21,25). The summed E-state index contributed by atoms with van der Waals surface area (Å²) in [6.07, 6.45) is 0. The van der Waals surface area contributed by atoms with E-state index in [9.17, 15) is 14.7 Å². The number of rotatable bonds is 5. The number of methoxy groups -OCH3 is 1. The fourth-order valence-electron chi connectivity index (χ4n) is 2.59. The lowest BCUT2D eigenvalue weighted by atomic mass is 10.1. The Labute approximate surface area is 147 Å². The molecular weight excluding hydrogens is 342 g/mol. The first-order chi connectivity index (χ1) is 12.0. The molecule has 0 bridgehead atoms. The van der Waals surface area contributed by atoms with Crippen LogP contribution in [0.5, 0.6) is 0 Å². The Hall–Kier alpha value is -2.84. The molecule has 1 aromatic carbocycles. The number of ether oxygens (including phenoxy) is 1. The van der Waals surface area contributed by atoms with Crippen molar-refractivity contribution in [1.29, 1.82) is 0 Å². The third-order valence-corrected chi connectivity index (χ3v) is 4.09. The molecule has 0 atom stereocenters. The van der Waals surface area contributed by atoms with Crippen LogP contribution in [0.3, 0.4) is 0 Å². The maximum absolute atomic E-state index is 12.3. The number of aromatic nitrogens is 3. The Kier molecular flexibility index (Phi) is 4.73. The van der Waals surface area contributed by atoms with Crippen molar-refractivity contribution < 1.29 is 14.6 Å². The number of carboxylic acids is 1. The number of H-pyrrole nitrogens is 1. The van der Waals surface area contributed by atoms with Crippen molar-refractivity contribution in [2.24, 2.45) is 0 Å². The van der Waals surface area contributed by atoms with Gasteiger partial charge in [-0.25, -0.2) is 9.78 Å². The molecule has 8 heteroatoms. The minimum atomic E-state index is -1.20. The van der Waals surface area contributed by atoms with Gasteiger partial charge in [-0.1, -0.05) is 30.3 Å². The van der Waals surface area contributed by atoms with Gasteiger partial charge < -0.3 is 14.4 Å². The van der Waals surface area contributed by atoms with Crippen LogP contribution in [0, 0.1) is 4.77 Å². The molecule has 25 heavy (non-hydrogen) atoms. The summed E-state index contributed by atoms with van der Waals surface area (Å²) in [5, 5.41) is 9.57. The number of pyridine rings is 1. The fourth-order valence-corrected chi connectivity index (χ4v) is 2.86. The number of carbonyl (C=O) groups is 1. The monoisotopic (exact) mass is 357 g/mol. The minimum Gasteiger partial charge on any atom is -0.478 e. The second-order valence-corrected chi connectivity index (χ2v) is 5.72. The van der Waals surface area contributed by atoms with Gasteiger partial charge in [0.05, 0.1) is 29.8 Å². The first-order valence-electron chi connectivity index (χ1n) is 7.48. The Morgan fingerprint density at radius 2 is 2.08 bits per heavy atom. The smallest absolute Gasteiger partial charge is 0.336 e. The number of hydrogen-bond donors (Lipinski definition) is 2. The van der Waals surface area contributed by atoms with Gasteiger partial charge in [0.25, 0.3) is 5.56 Å². The normalized spacial score (nSPS) is 10.9. The number of aromatic amines is 1. The number of nitrogens with one attached hydrogen (secondary N) is 1. The highest BCUT2D eigenvalue weighted by Crippen LogP contribution is 2.23. The molecule has 128 valence electrons. The van der Waals surface area contributed by atoms with Gasteiger partial charge in [0.15, 0.2) is 4.77 Å². The van der Waals surface area contributed by atoms with Gasteiger partial charge in [0, 0.05) is 12.7 Å². The lowest BCUT2D eigenvalue weighted by Crippen LogP contribution is -2.20. The number of nitrogens with zero attached hydrogens (tertiary/aromatic N) is 2. The third-order valence-electron chi connectivity index (χ3n) is 3.77. The minimum absolute atomic E-state index is 0.00289. The summed E-state index contributed by atoms with van der Waals surface area (Å²) >= 11 is 5.21. The number of carboxylic acid groups (broad SMARTS) is 1. The van der Waals surface area contributed by atoms with Crippen LogP contribution in [0.25, 0.3) is 22.3 Å². The Balaban J connectivity index is 2.41. The Morgan fingerprint density at radius 3 is 2.72 bits per heavy atom. The van der Waals surface area contributed by atoms with Crippen LogP contribution in [-0.2, 0) is 11.3 Å². The van der Waals surface area contributed by atoms with Crippen molar-refractivity contribution in [2.75, 3.05) is 13.7 Å². The van der Waals surface area contributed by atoms with Crippen molar-refractivity contribution in [3.8, 4) is 11.3 Å². The molecule has 0 aliphatic rings. The Bertz CT molecular complexity index is 1060. The maximum Gasteiger partial charge on any atom is 0.336 e. The van der Waals surface area contributed by atoms with Crippen LogP contribution in [0.15, 0.2) is 41.2 Å². The molecule has 0 spiro atoms. The molecule has 0 fully saturated rings. The van der Waals surface area contributed by atoms with Crippen molar-refractivity contribution in [3.63, 3.8) is 0 Å². The van der Waals surface area contributed by atoms with Crippen molar-refractivity contribution in [2.45, 2.75) is 6.54 Å². The highest BCUT2D eigenvalue weighted by atomic mass is 32.1. The van der Waals surface area contributed by atoms with E-state index >= 15 is 0 Å². The molecule has 3 rings (SSSR count). The molecule has 0 radical (unpaired) electrons. The van der Waals surface area contributed by atoms with Gasteiger partial charge in [-0.2, -0.15) is 0 Å². The summed E-state index contributed by atoms with van der Waals surface area (Å²) in [5.41, 5.74) is 0.738. The van der Waals surface area contributed by atoms with E-state index in [-0.39, 0.29) is 21.4 Å². The maximum atomic E-state index is 12.3. The largest absolute Gasteiger partial charge is 0.478 e. The van der Waals surface area contributed by atoms with Crippen molar-refractivity contribution >= 4 is 29.2 Å². The van der Waals surface area contributed by atoms with E-state index in [0.717, 1.165) is 5.56 Å². The highest BCUT2D eigenvalue weighted by molar-refractivity contribution is 7.71. The third kappa shape index (κ3) is 3.21. The van der Waals surface area contributed by atoms with E-state index in [4.69, 9.17) is 17.0 Å². The molecule has 0 amide bonds. The fraction of sp³-hybridized carbons (Fsp3) is 0.176. The second-order valence-electron chi connectivity index (χ2n) is 5.33. The molecule has 3 aromatic rings. The van der Waals surface area contributed by atoms with Gasteiger partial charge in [0.1, 0.15) is 5.65 Å². The number of hydrogen-bond acceptors (Lipinski definition) is 5. The molecule has 0 saturated carbocycles. The van der Waals surface area contributed by atoms with Gasteiger partial charge in [-0.15, -0.1) is 0 Å². The lowest BCUT2D eigenvalue weighted by molar-refractivity contribution is 0.0699. The highest BCUT2D eigenvalue weighted by Gasteiger charge is 2.18. The summed E-state index contributed by atoms with van der Waals surface area (Å²) in [6, 6.07) is 10.6. The van der Waals surface area contributed by atoms with E-state index in [1.54, 1.807) is 11.7 Å². The van der Waals surface area contributed by atoms with Gasteiger partial charge in [-0.05, 0) is 18.3 Å². The second kappa shape index (κ2) is 6.96. The molecular formula is C17H15N3O4S. The zero-order chi connectivity index (χ0) is 18.0. The summed E-state index contributed by atoms with van der Waals surface area (Å²) in [5.74, 6) is -1.20. The van der Waals surface area contributed by atoms with Crippen LogP contribution in [0.4, 0.5) is 0 Å². The van der Waals surface area contributed by atoms with Gasteiger partial charge >= 0.3 is 5.97 Å². The summed E-state index contributed by atoms with van der Waals surface area (Å²) < 4.78 is 6.82. The summed E-state index contributed by atoms with van der Waals surface area (Å²) in [4.78, 5) is 31.1. The van der Waals surface area contributed by atoms with Crippen molar-refractivity contribution in [1.82, 2.24) is 14.5 Å². The molecule has 0 unspecified atom stereocenters. The van der Waals surface area contributed by atoms with Crippen molar-refractivity contribution in [3.05, 3.63) is 57.1 Å². The van der Waals surface area contributed by atoms with Crippen LogP contribution >= 0.6 is 12.2 Å². The molecule has 2 N–H and O–H groups in total. The van der Waals surface area contributed by atoms with E-state index in [2.05, 4.69) is 9.97 Å². The molecule has 0 aliphatic heterocycles. The zero-order valence-corrected chi connectivity index (χ0v) is 14.2. The van der Waals surface area contributed by atoms with Gasteiger partial charge in [-0.3, -0.25) is 9.78 Å². The number of aromatic carboxylic acids is 1. The number of fused-ring (bicyclic) bond motifs is 1. The first kappa shape index (κ1) is 17.0. The lowest BCUT2D eigenvalue weighted by Gasteiger charge is -2.13. The van der Waals surface area contributed by atoms with Crippen LogP contribution in [0.1, 0.15) is 10.4 Å². The summed E-state index contributed by atoms with van der Waals surface area (Å²) in [7, 11) is 1.54. The topological polar surface area (TPSA) is 97.2 Å². The zero-order valence-electron chi connectivity index (χ0n) is 13.4. The van der Waals surface area contributed by atoms with E-state index < -0.39 is 11.5 Å². The quantitative estimate of drug-likeness (QED) is 0.681. The molecule has 2 aromatic heterocycles. The van der Waals surface area contributed by atoms with Crippen LogP contribution in [-0.4, -0.2) is 39.3 Å². The predicted octanol–water partition coefficient (Wildman–Crippen LogP) is 2.47. The Morgan fingerprint density at radius 1 is 1.36 bits per heavy atom. The molecule has 0 saturated heterocycles. The molecule has 2 heterocycles. The average Bonchev–Trinajstić information content (AvgIpc) is 2.61. The van der Waals surface area contributed by atoms with E-state index in [0.29, 0.717) is 18.8 Å². The molecule has 7 nitrogen and oxygen atoms in total. The van der Waals surface area contributed by atoms with E-state index in [1.165, 1.54) is 6.07 Å². The van der Waals surface area contributed by atoms with Crippen LogP contribution < -0.4 is 5.56 Å². The molecule has 0 aliphatic carbocycles. The summed E-state index contributed by atoms with van der Waals surface area (Å²) in [6.45, 7) is 0.683. The SMILES string of the molecule is COCCn1c(=S)[nH]c(=O)c2c(C(=O)O)cc(-c3ccccc3)nc21. The van der Waals surface area contributed by atoms with Gasteiger partial charge in [0.2, 0.25) is 0 Å². The predicted molar refractivity (Wildman–Crippen MR) is 95.5 cm³/mol.